The predicted octanol–water partition coefficient (Wildman–Crippen LogP) is 3.67. The summed E-state index contributed by atoms with van der Waals surface area (Å²) in [7, 11) is 0. The van der Waals surface area contributed by atoms with Crippen molar-refractivity contribution in [3.05, 3.63) is 58.9 Å². The number of carbonyl (C=O) groups is 2. The maximum absolute atomic E-state index is 14.4. The Bertz CT molecular complexity index is 973. The van der Waals surface area contributed by atoms with Crippen LogP contribution in [-0.4, -0.2) is 58.5 Å². The van der Waals surface area contributed by atoms with Crippen molar-refractivity contribution < 1.29 is 19.1 Å². The van der Waals surface area contributed by atoms with Crippen LogP contribution in [0.25, 0.3) is 11.1 Å². The third-order valence-corrected chi connectivity index (χ3v) is 6.11. The topological polar surface area (TPSA) is 60.9 Å². The summed E-state index contributed by atoms with van der Waals surface area (Å²) in [5.74, 6) is -1.68. The van der Waals surface area contributed by atoms with Gasteiger partial charge in [-0.25, -0.2) is 9.18 Å². The molecule has 1 saturated heterocycles. The van der Waals surface area contributed by atoms with E-state index in [0.29, 0.717) is 29.3 Å². The molecule has 1 amide bonds. The third kappa shape index (κ3) is 3.65. The number of hydrogen-bond donors (Lipinski definition) is 1. The fourth-order valence-electron chi connectivity index (χ4n) is 4.40. The molecular formula is C23H25FN2O3. The Labute approximate surface area is 169 Å². The van der Waals surface area contributed by atoms with Gasteiger partial charge in [0.15, 0.2) is 0 Å². The van der Waals surface area contributed by atoms with Gasteiger partial charge in [0.25, 0.3) is 5.91 Å². The first-order valence-electron chi connectivity index (χ1n) is 10.1. The zero-order valence-electron chi connectivity index (χ0n) is 16.7. The highest BCUT2D eigenvalue weighted by Gasteiger charge is 2.34. The Hall–Kier alpha value is -2.73. The summed E-state index contributed by atoms with van der Waals surface area (Å²) in [5, 5.41) is 9.01. The second-order valence-electron chi connectivity index (χ2n) is 8.15. The molecule has 6 heteroatoms. The normalized spacial score (nSPS) is 19.7. The summed E-state index contributed by atoms with van der Waals surface area (Å²) in [5.41, 5.74) is 2.53. The molecule has 0 bridgehead atoms. The van der Waals surface area contributed by atoms with Crippen LogP contribution in [0.5, 0.6) is 0 Å². The highest BCUT2D eigenvalue weighted by Crippen LogP contribution is 2.30. The van der Waals surface area contributed by atoms with Crippen molar-refractivity contribution >= 4 is 11.9 Å². The van der Waals surface area contributed by atoms with Gasteiger partial charge in [0.1, 0.15) is 5.82 Å². The lowest BCUT2D eigenvalue weighted by atomic mass is 9.92. The molecule has 5 nitrogen and oxygen atoms in total. The average molecular weight is 396 g/mol. The van der Waals surface area contributed by atoms with Crippen molar-refractivity contribution in [1.29, 1.82) is 0 Å². The van der Waals surface area contributed by atoms with Crippen molar-refractivity contribution in [2.45, 2.75) is 38.8 Å². The molecule has 0 radical (unpaired) electrons. The van der Waals surface area contributed by atoms with Gasteiger partial charge in [-0.15, -0.1) is 0 Å². The summed E-state index contributed by atoms with van der Waals surface area (Å²) in [6.45, 7) is 6.96. The monoisotopic (exact) mass is 396 g/mol. The average Bonchev–Trinajstić information content (AvgIpc) is 3.18. The molecule has 0 aromatic heterocycles. The summed E-state index contributed by atoms with van der Waals surface area (Å²) < 4.78 is 14.4. The van der Waals surface area contributed by atoms with Gasteiger partial charge in [-0.2, -0.15) is 0 Å². The first-order chi connectivity index (χ1) is 13.8. The van der Waals surface area contributed by atoms with Gasteiger partial charge in [0.05, 0.1) is 5.56 Å². The number of carboxylic acid groups (broad SMARTS) is 1. The van der Waals surface area contributed by atoms with Gasteiger partial charge < -0.3 is 10.0 Å². The molecule has 0 aliphatic carbocycles. The Kier molecular flexibility index (Phi) is 5.13. The number of hydrogen-bond acceptors (Lipinski definition) is 3. The predicted molar refractivity (Wildman–Crippen MR) is 109 cm³/mol. The molecule has 29 heavy (non-hydrogen) atoms. The Morgan fingerprint density at radius 1 is 1.14 bits per heavy atom. The molecule has 152 valence electrons. The molecule has 2 aromatic rings. The summed E-state index contributed by atoms with van der Waals surface area (Å²) >= 11 is 0. The first-order valence-corrected chi connectivity index (χ1v) is 10.1. The third-order valence-electron chi connectivity index (χ3n) is 6.11. The fraction of sp³-hybridized carbons (Fsp3) is 0.391. The van der Waals surface area contributed by atoms with Crippen molar-refractivity contribution in [3.63, 3.8) is 0 Å². The summed E-state index contributed by atoms with van der Waals surface area (Å²) in [6, 6.07) is 10.0. The number of halogens is 1. The smallest absolute Gasteiger partial charge is 0.335 e. The lowest BCUT2D eigenvalue weighted by molar-refractivity contribution is 0.0658. The number of amides is 1. The second kappa shape index (κ2) is 7.59. The summed E-state index contributed by atoms with van der Waals surface area (Å²) in [6.07, 6.45) is 1.74. The molecule has 1 fully saturated rings. The number of likely N-dealkylation sites (tertiary alicyclic amines) is 1. The number of carboxylic acids is 1. The zero-order valence-corrected chi connectivity index (χ0v) is 16.7. The van der Waals surface area contributed by atoms with Crippen molar-refractivity contribution in [1.82, 2.24) is 9.80 Å². The Morgan fingerprint density at radius 3 is 2.55 bits per heavy atom. The van der Waals surface area contributed by atoms with Gasteiger partial charge in [0.2, 0.25) is 0 Å². The quantitative estimate of drug-likeness (QED) is 0.857. The highest BCUT2D eigenvalue weighted by molar-refractivity contribution is 5.97. The lowest BCUT2D eigenvalue weighted by Crippen LogP contribution is -2.46. The second-order valence-corrected chi connectivity index (χ2v) is 8.15. The van der Waals surface area contributed by atoms with Crippen LogP contribution in [0.1, 0.15) is 46.5 Å². The van der Waals surface area contributed by atoms with E-state index in [0.717, 1.165) is 37.6 Å². The molecule has 4 rings (SSSR count). The van der Waals surface area contributed by atoms with Crippen LogP contribution in [0.15, 0.2) is 36.4 Å². The van der Waals surface area contributed by atoms with Crippen LogP contribution >= 0.6 is 0 Å². The van der Waals surface area contributed by atoms with Gasteiger partial charge in [-0.3, -0.25) is 9.69 Å². The number of nitrogens with zero attached hydrogens (tertiary/aromatic N) is 2. The standard InChI is InChI=1S/C23H25FN2O3/c1-14(2)25-9-8-18(13-25)26-10-7-16-11-15(3-6-20(16)22(26)27)19-5-4-17(23(28)29)12-21(19)24/h3-6,11-12,14,18H,7-10,13H2,1-2H3,(H,28,29)/t18-/m1/s1. The molecule has 0 spiro atoms. The van der Waals surface area contributed by atoms with E-state index in [1.165, 1.54) is 12.1 Å². The van der Waals surface area contributed by atoms with E-state index >= 15 is 0 Å². The molecule has 0 saturated carbocycles. The van der Waals surface area contributed by atoms with Crippen molar-refractivity contribution in [2.75, 3.05) is 19.6 Å². The van der Waals surface area contributed by atoms with E-state index in [1.54, 1.807) is 12.1 Å². The van der Waals surface area contributed by atoms with Crippen LogP contribution in [0.3, 0.4) is 0 Å². The maximum atomic E-state index is 14.4. The maximum Gasteiger partial charge on any atom is 0.335 e. The zero-order chi connectivity index (χ0) is 20.7. The van der Waals surface area contributed by atoms with Gasteiger partial charge in [-0.05, 0) is 56.0 Å². The van der Waals surface area contributed by atoms with Crippen LogP contribution in [0.4, 0.5) is 4.39 Å². The largest absolute Gasteiger partial charge is 0.478 e. The van der Waals surface area contributed by atoms with E-state index in [2.05, 4.69) is 18.7 Å². The van der Waals surface area contributed by atoms with E-state index in [4.69, 9.17) is 5.11 Å². The fourth-order valence-corrected chi connectivity index (χ4v) is 4.40. The SMILES string of the molecule is CC(C)N1CC[C@@H](N2CCc3cc(-c4ccc(C(=O)O)cc4F)ccc3C2=O)C1. The van der Waals surface area contributed by atoms with E-state index in [-0.39, 0.29) is 17.5 Å². The minimum Gasteiger partial charge on any atom is -0.478 e. The van der Waals surface area contributed by atoms with Crippen LogP contribution in [0.2, 0.25) is 0 Å². The van der Waals surface area contributed by atoms with Gasteiger partial charge in [-0.1, -0.05) is 18.2 Å². The molecule has 1 N–H and O–H groups in total. The molecule has 2 aliphatic rings. The van der Waals surface area contributed by atoms with Crippen LogP contribution in [0, 0.1) is 5.82 Å². The minimum absolute atomic E-state index is 0.0510. The first kappa shape index (κ1) is 19.6. The molecule has 0 unspecified atom stereocenters. The molecule has 2 aliphatic heterocycles. The van der Waals surface area contributed by atoms with E-state index < -0.39 is 11.8 Å². The van der Waals surface area contributed by atoms with Crippen LogP contribution < -0.4 is 0 Å². The van der Waals surface area contributed by atoms with E-state index in [1.807, 2.05) is 11.0 Å². The number of aromatic carboxylic acids is 1. The molecule has 2 heterocycles. The molecule has 1 atom stereocenters. The Morgan fingerprint density at radius 2 is 1.90 bits per heavy atom. The van der Waals surface area contributed by atoms with Crippen molar-refractivity contribution in [2.24, 2.45) is 0 Å². The number of rotatable bonds is 4. The number of benzene rings is 2. The van der Waals surface area contributed by atoms with Crippen molar-refractivity contribution in [3.8, 4) is 11.1 Å². The molecular weight excluding hydrogens is 371 g/mol. The minimum atomic E-state index is -1.16. The summed E-state index contributed by atoms with van der Waals surface area (Å²) in [4.78, 5) is 28.5. The van der Waals surface area contributed by atoms with Gasteiger partial charge in [0, 0.05) is 42.8 Å². The van der Waals surface area contributed by atoms with Gasteiger partial charge >= 0.3 is 5.97 Å². The lowest BCUT2D eigenvalue weighted by Gasteiger charge is -2.34. The molecule has 2 aromatic carbocycles. The van der Waals surface area contributed by atoms with Crippen LogP contribution in [-0.2, 0) is 6.42 Å². The highest BCUT2D eigenvalue weighted by atomic mass is 19.1. The number of carbonyl (C=O) groups excluding carboxylic acids is 1. The number of fused-ring (bicyclic) bond motifs is 1. The Balaban J connectivity index is 1.57. The van der Waals surface area contributed by atoms with E-state index in [9.17, 15) is 14.0 Å².